The molecule has 2 N–H and O–H groups in total. The predicted octanol–water partition coefficient (Wildman–Crippen LogP) is 5.16. The molecule has 0 aliphatic heterocycles. The molecule has 0 fully saturated rings. The Hall–Kier alpha value is -4.07. The zero-order valence-electron chi connectivity index (χ0n) is 19.0. The number of anilines is 1. The summed E-state index contributed by atoms with van der Waals surface area (Å²) in [6.45, 7) is 0.499. The average Bonchev–Trinajstić information content (AvgIpc) is 2.86. The lowest BCUT2D eigenvalue weighted by molar-refractivity contribution is 0.0976. The normalized spacial score (nSPS) is 11.0. The van der Waals surface area contributed by atoms with Crippen molar-refractivity contribution in [2.24, 2.45) is 0 Å². The first-order chi connectivity index (χ1) is 17.0. The van der Waals surface area contributed by atoms with E-state index in [1.165, 1.54) is 17.8 Å². The Morgan fingerprint density at radius 1 is 1.00 bits per heavy atom. The number of hydrogen-bond donors (Lipinski definition) is 2. The fraction of sp³-hybridized carbons (Fsp3) is 0.222. The van der Waals surface area contributed by atoms with Crippen LogP contribution < -0.4 is 10.9 Å². The van der Waals surface area contributed by atoms with Crippen LogP contribution in [0.3, 0.4) is 0 Å². The van der Waals surface area contributed by atoms with Crippen LogP contribution in [-0.2, 0) is 12.8 Å². The molecule has 8 heteroatoms. The van der Waals surface area contributed by atoms with Crippen molar-refractivity contribution in [3.05, 3.63) is 106 Å². The minimum Gasteiger partial charge on any atom is -0.423 e. The van der Waals surface area contributed by atoms with E-state index >= 15 is 0 Å². The fourth-order valence-electron chi connectivity index (χ4n) is 4.06. The number of fused-ring (bicyclic) bond motifs is 1. The summed E-state index contributed by atoms with van der Waals surface area (Å²) in [5.74, 6) is -2.02. The lowest BCUT2D eigenvalue weighted by Gasteiger charge is -2.15. The van der Waals surface area contributed by atoms with Crippen LogP contribution in [0.5, 0.6) is 0 Å². The highest BCUT2D eigenvalue weighted by Crippen LogP contribution is 2.25. The third-order valence-electron chi connectivity index (χ3n) is 5.87. The summed E-state index contributed by atoms with van der Waals surface area (Å²) >= 11 is 0. The lowest BCUT2D eigenvalue weighted by Crippen LogP contribution is -2.28. The summed E-state index contributed by atoms with van der Waals surface area (Å²) in [7, 11) is 0. The molecule has 0 spiro atoms. The van der Waals surface area contributed by atoms with Gasteiger partial charge < -0.3 is 10.5 Å². The number of aromatic nitrogens is 2. The van der Waals surface area contributed by atoms with Crippen LogP contribution in [-0.4, -0.2) is 27.2 Å². The van der Waals surface area contributed by atoms with Gasteiger partial charge in [-0.25, -0.2) is 13.8 Å². The van der Waals surface area contributed by atoms with Crippen molar-refractivity contribution in [2.75, 3.05) is 11.9 Å². The zero-order valence-corrected chi connectivity index (χ0v) is 19.0. The van der Waals surface area contributed by atoms with Crippen LogP contribution in [0.2, 0.25) is 0 Å². The van der Waals surface area contributed by atoms with Gasteiger partial charge in [0.15, 0.2) is 11.4 Å². The molecule has 0 atom stereocenters. The highest BCUT2D eigenvalue weighted by Gasteiger charge is 2.23. The number of hydrogen-bond acceptors (Lipinski definition) is 5. The highest BCUT2D eigenvalue weighted by atomic mass is 19.1. The number of Topliss-reactive ketones (excluding diaryl/α,β-unsaturated/α-hetero) is 1. The lowest BCUT2D eigenvalue weighted by atomic mass is 10.0. The van der Waals surface area contributed by atoms with Gasteiger partial charge in [0.2, 0.25) is 0 Å². The Bertz CT molecular complexity index is 1400. The number of halogens is 2. The van der Waals surface area contributed by atoms with E-state index in [0.717, 1.165) is 31.4 Å². The third-order valence-corrected chi connectivity index (χ3v) is 5.87. The summed E-state index contributed by atoms with van der Waals surface area (Å²) < 4.78 is 27.6. The number of carbonyl (C=O) groups excluding carboxylic acids is 1. The maximum absolute atomic E-state index is 14.0. The third kappa shape index (κ3) is 5.54. The topological polar surface area (TPSA) is 84.2 Å². The highest BCUT2D eigenvalue weighted by molar-refractivity contribution is 6.07. The van der Waals surface area contributed by atoms with Gasteiger partial charge in [0.1, 0.15) is 17.2 Å². The summed E-state index contributed by atoms with van der Waals surface area (Å²) in [5, 5.41) is 14.0. The van der Waals surface area contributed by atoms with Gasteiger partial charge in [-0.2, -0.15) is 0 Å². The standard InChI is InChI=1S/C27H25F2N3O3/c28-20-13-11-19(22(29)17-20)12-14-23(33)24-25(21-10-6-16-31-26(21)32(35)27(24)34)30-15-5-4-9-18-7-2-1-3-8-18/h1-3,6-8,10-11,13,16-17,30,35H,4-5,9,12,14-15H2. The Kier molecular flexibility index (Phi) is 7.50. The van der Waals surface area contributed by atoms with Crippen LogP contribution in [0.15, 0.2) is 71.7 Å². The number of nitrogens with zero attached hydrogens (tertiary/aromatic N) is 2. The minimum absolute atomic E-state index is 0.0165. The molecule has 2 aromatic carbocycles. The maximum atomic E-state index is 14.0. The quantitative estimate of drug-likeness (QED) is 0.187. The molecule has 4 aromatic rings. The molecule has 180 valence electrons. The molecular formula is C27H25F2N3O3. The number of benzene rings is 2. The number of unbranched alkanes of at least 4 members (excludes halogenated alkanes) is 1. The average molecular weight is 478 g/mol. The van der Waals surface area contributed by atoms with Crippen molar-refractivity contribution >= 4 is 22.5 Å². The van der Waals surface area contributed by atoms with E-state index in [4.69, 9.17) is 0 Å². The monoisotopic (exact) mass is 477 g/mol. The number of nitrogens with one attached hydrogen (secondary N) is 1. The summed E-state index contributed by atoms with van der Waals surface area (Å²) in [5.41, 5.74) is 0.625. The second kappa shape index (κ2) is 10.9. The van der Waals surface area contributed by atoms with E-state index < -0.39 is 23.0 Å². The Morgan fingerprint density at radius 2 is 1.80 bits per heavy atom. The van der Waals surface area contributed by atoms with Crippen molar-refractivity contribution in [1.82, 2.24) is 9.71 Å². The first-order valence-corrected chi connectivity index (χ1v) is 11.4. The summed E-state index contributed by atoms with van der Waals surface area (Å²) in [6, 6.07) is 16.5. The van der Waals surface area contributed by atoms with Gasteiger partial charge in [-0.1, -0.05) is 36.4 Å². The van der Waals surface area contributed by atoms with E-state index in [1.54, 1.807) is 12.1 Å². The molecule has 0 saturated carbocycles. The molecule has 0 aliphatic rings. The van der Waals surface area contributed by atoms with E-state index in [9.17, 15) is 23.6 Å². The van der Waals surface area contributed by atoms with Crippen molar-refractivity contribution in [2.45, 2.75) is 32.1 Å². The number of aryl methyl sites for hydroxylation is 2. The molecule has 35 heavy (non-hydrogen) atoms. The van der Waals surface area contributed by atoms with Gasteiger partial charge in [-0.05, 0) is 55.0 Å². The second-order valence-electron chi connectivity index (χ2n) is 8.27. The van der Waals surface area contributed by atoms with Gasteiger partial charge in [-0.3, -0.25) is 9.59 Å². The summed E-state index contributed by atoms with van der Waals surface area (Å²) in [6.07, 6.45) is 3.82. The SMILES string of the molecule is O=C(CCc1ccc(F)cc1F)c1c(NCCCCc2ccccc2)c2cccnc2n(O)c1=O. The molecule has 0 bridgehead atoms. The van der Waals surface area contributed by atoms with E-state index in [2.05, 4.69) is 22.4 Å². The molecule has 0 saturated heterocycles. The van der Waals surface area contributed by atoms with E-state index in [0.29, 0.717) is 22.3 Å². The number of carbonyl (C=O) groups is 1. The van der Waals surface area contributed by atoms with Gasteiger partial charge in [0.25, 0.3) is 5.56 Å². The van der Waals surface area contributed by atoms with Gasteiger partial charge in [0, 0.05) is 30.6 Å². The van der Waals surface area contributed by atoms with Crippen molar-refractivity contribution in [3.63, 3.8) is 0 Å². The number of pyridine rings is 2. The predicted molar refractivity (Wildman–Crippen MR) is 130 cm³/mol. The van der Waals surface area contributed by atoms with Crippen molar-refractivity contribution in [1.29, 1.82) is 0 Å². The largest absolute Gasteiger partial charge is 0.423 e. The van der Waals surface area contributed by atoms with E-state index in [1.807, 2.05) is 18.2 Å². The molecule has 0 amide bonds. The molecule has 2 aromatic heterocycles. The maximum Gasteiger partial charge on any atom is 0.297 e. The molecule has 6 nitrogen and oxygen atoms in total. The smallest absolute Gasteiger partial charge is 0.297 e. The molecule has 4 rings (SSSR count). The molecule has 0 radical (unpaired) electrons. The first kappa shape index (κ1) is 24.1. The van der Waals surface area contributed by atoms with Gasteiger partial charge in [-0.15, -0.1) is 4.73 Å². The van der Waals surface area contributed by atoms with Crippen LogP contribution >= 0.6 is 0 Å². The van der Waals surface area contributed by atoms with E-state index in [-0.39, 0.29) is 29.6 Å². The van der Waals surface area contributed by atoms with Gasteiger partial charge >= 0.3 is 0 Å². The van der Waals surface area contributed by atoms with Crippen LogP contribution in [0.4, 0.5) is 14.5 Å². The van der Waals surface area contributed by atoms with Gasteiger partial charge in [0.05, 0.1) is 5.69 Å². The zero-order chi connectivity index (χ0) is 24.8. The van der Waals surface area contributed by atoms with Crippen molar-refractivity contribution in [3.8, 4) is 0 Å². The number of rotatable bonds is 10. The van der Waals surface area contributed by atoms with Crippen LogP contribution in [0.25, 0.3) is 11.0 Å². The Balaban J connectivity index is 1.55. The second-order valence-corrected chi connectivity index (χ2v) is 8.27. The van der Waals surface area contributed by atoms with Crippen LogP contribution in [0.1, 0.15) is 40.7 Å². The molecule has 2 heterocycles. The number of ketones is 1. The Morgan fingerprint density at radius 3 is 2.57 bits per heavy atom. The fourth-order valence-corrected chi connectivity index (χ4v) is 4.06. The molecule has 0 unspecified atom stereocenters. The molecule has 0 aliphatic carbocycles. The van der Waals surface area contributed by atoms with Crippen molar-refractivity contribution < 1.29 is 18.8 Å². The Labute approximate surface area is 200 Å². The first-order valence-electron chi connectivity index (χ1n) is 11.4. The summed E-state index contributed by atoms with van der Waals surface area (Å²) in [4.78, 5) is 30.1. The molecular weight excluding hydrogens is 452 g/mol. The minimum atomic E-state index is -0.896. The van der Waals surface area contributed by atoms with Crippen LogP contribution in [0, 0.1) is 11.6 Å².